The van der Waals surface area contributed by atoms with Crippen molar-refractivity contribution in [2.24, 2.45) is 5.73 Å². The second kappa shape index (κ2) is 6.44. The van der Waals surface area contributed by atoms with Crippen LogP contribution in [0.15, 0.2) is 42.5 Å². The maximum absolute atomic E-state index is 6.34. The summed E-state index contributed by atoms with van der Waals surface area (Å²) in [5.74, 6) is 1.59. The van der Waals surface area contributed by atoms with Gasteiger partial charge in [-0.3, -0.25) is 0 Å². The Morgan fingerprint density at radius 1 is 1.05 bits per heavy atom. The van der Waals surface area contributed by atoms with Crippen molar-refractivity contribution in [1.82, 2.24) is 0 Å². The van der Waals surface area contributed by atoms with Gasteiger partial charge in [0.25, 0.3) is 0 Å². The highest BCUT2D eigenvalue weighted by Gasteiger charge is 2.14. The van der Waals surface area contributed by atoms with Gasteiger partial charge in [-0.1, -0.05) is 29.8 Å². The molecule has 3 heteroatoms. The average Bonchev–Trinajstić information content (AvgIpc) is 2.46. The molecule has 106 valence electrons. The van der Waals surface area contributed by atoms with Crippen molar-refractivity contribution in [3.05, 3.63) is 59.2 Å². The third-order valence-corrected chi connectivity index (χ3v) is 3.37. The quantitative estimate of drug-likeness (QED) is 0.908. The number of ether oxygens (including phenoxy) is 2. The fraction of sp³-hybridized carbons (Fsp3) is 0.294. The second-order valence-electron chi connectivity index (χ2n) is 4.91. The fourth-order valence-corrected chi connectivity index (χ4v) is 2.33. The van der Waals surface area contributed by atoms with Crippen LogP contribution in [-0.4, -0.2) is 14.2 Å². The highest BCUT2D eigenvalue weighted by Crippen LogP contribution is 2.30. The van der Waals surface area contributed by atoms with Gasteiger partial charge in [0.1, 0.15) is 11.5 Å². The van der Waals surface area contributed by atoms with Crippen molar-refractivity contribution in [3.8, 4) is 11.5 Å². The number of benzene rings is 2. The van der Waals surface area contributed by atoms with Gasteiger partial charge in [0.15, 0.2) is 0 Å². The molecule has 0 aliphatic heterocycles. The van der Waals surface area contributed by atoms with Gasteiger partial charge >= 0.3 is 0 Å². The molecule has 2 rings (SSSR count). The maximum Gasteiger partial charge on any atom is 0.123 e. The summed E-state index contributed by atoms with van der Waals surface area (Å²) in [6.07, 6.45) is 0.769. The van der Waals surface area contributed by atoms with Gasteiger partial charge in [0, 0.05) is 11.6 Å². The van der Waals surface area contributed by atoms with E-state index >= 15 is 0 Å². The minimum atomic E-state index is -0.123. The lowest BCUT2D eigenvalue weighted by Crippen LogP contribution is -2.14. The van der Waals surface area contributed by atoms with Gasteiger partial charge in [-0.15, -0.1) is 0 Å². The van der Waals surface area contributed by atoms with E-state index in [-0.39, 0.29) is 6.04 Å². The molecule has 0 aliphatic carbocycles. The predicted octanol–water partition coefficient (Wildman–Crippen LogP) is 3.25. The molecule has 0 amide bonds. The number of aryl methyl sites for hydroxylation is 1. The molecule has 0 radical (unpaired) electrons. The van der Waals surface area contributed by atoms with Crippen LogP contribution in [0.25, 0.3) is 0 Å². The van der Waals surface area contributed by atoms with Crippen molar-refractivity contribution >= 4 is 0 Å². The highest BCUT2D eigenvalue weighted by atomic mass is 16.5. The fourth-order valence-electron chi connectivity index (χ4n) is 2.33. The Balaban J connectivity index is 2.25. The molecular formula is C17H21NO2. The van der Waals surface area contributed by atoms with Gasteiger partial charge < -0.3 is 15.2 Å². The van der Waals surface area contributed by atoms with Crippen LogP contribution in [0.2, 0.25) is 0 Å². The zero-order chi connectivity index (χ0) is 14.5. The third-order valence-electron chi connectivity index (χ3n) is 3.37. The Morgan fingerprint density at radius 3 is 2.50 bits per heavy atom. The minimum absolute atomic E-state index is 0.123. The minimum Gasteiger partial charge on any atom is -0.497 e. The second-order valence-corrected chi connectivity index (χ2v) is 4.91. The van der Waals surface area contributed by atoms with Gasteiger partial charge in [-0.25, -0.2) is 0 Å². The van der Waals surface area contributed by atoms with Crippen molar-refractivity contribution < 1.29 is 9.47 Å². The highest BCUT2D eigenvalue weighted by molar-refractivity contribution is 5.42. The lowest BCUT2D eigenvalue weighted by atomic mass is 9.97. The molecule has 0 bridgehead atoms. The molecule has 0 spiro atoms. The standard InChI is InChI=1S/C17H21NO2/c1-12-5-4-6-13(9-12)10-16(18)15-11-14(19-2)7-8-17(15)20-3/h4-9,11,16H,10,18H2,1-3H3. The van der Waals surface area contributed by atoms with Gasteiger partial charge in [0.2, 0.25) is 0 Å². The summed E-state index contributed by atoms with van der Waals surface area (Å²) in [7, 11) is 3.31. The van der Waals surface area contributed by atoms with Crippen molar-refractivity contribution in [3.63, 3.8) is 0 Å². The van der Waals surface area contributed by atoms with Crippen LogP contribution in [0.1, 0.15) is 22.7 Å². The van der Waals surface area contributed by atoms with Crippen molar-refractivity contribution in [2.75, 3.05) is 14.2 Å². The molecular weight excluding hydrogens is 250 g/mol. The molecule has 0 aromatic heterocycles. The van der Waals surface area contributed by atoms with Crippen LogP contribution in [0.4, 0.5) is 0 Å². The van der Waals surface area contributed by atoms with Crippen molar-refractivity contribution in [2.45, 2.75) is 19.4 Å². The Hall–Kier alpha value is -2.00. The summed E-state index contributed by atoms with van der Waals surface area (Å²) >= 11 is 0. The molecule has 0 saturated carbocycles. The predicted molar refractivity (Wildman–Crippen MR) is 81.4 cm³/mol. The van der Waals surface area contributed by atoms with Gasteiger partial charge in [-0.05, 0) is 37.1 Å². The van der Waals surface area contributed by atoms with E-state index < -0.39 is 0 Å². The maximum atomic E-state index is 6.34. The van der Waals surface area contributed by atoms with Crippen LogP contribution in [0.3, 0.4) is 0 Å². The van der Waals surface area contributed by atoms with E-state index in [0.29, 0.717) is 0 Å². The van der Waals surface area contributed by atoms with E-state index in [9.17, 15) is 0 Å². The third kappa shape index (κ3) is 3.31. The largest absolute Gasteiger partial charge is 0.497 e. The number of rotatable bonds is 5. The summed E-state index contributed by atoms with van der Waals surface area (Å²) in [6.45, 7) is 2.08. The first-order valence-electron chi connectivity index (χ1n) is 6.67. The first kappa shape index (κ1) is 14.4. The van der Waals surface area contributed by atoms with Crippen LogP contribution in [0, 0.1) is 6.92 Å². The molecule has 20 heavy (non-hydrogen) atoms. The lowest BCUT2D eigenvalue weighted by molar-refractivity contribution is 0.395. The topological polar surface area (TPSA) is 44.5 Å². The Morgan fingerprint density at radius 2 is 1.85 bits per heavy atom. The Bertz CT molecular complexity index is 581. The Kier molecular flexibility index (Phi) is 4.64. The molecule has 3 nitrogen and oxygen atoms in total. The first-order valence-corrected chi connectivity index (χ1v) is 6.67. The molecule has 0 fully saturated rings. The lowest BCUT2D eigenvalue weighted by Gasteiger charge is -2.17. The average molecular weight is 271 g/mol. The van der Waals surface area contributed by atoms with Crippen LogP contribution in [0.5, 0.6) is 11.5 Å². The summed E-state index contributed by atoms with van der Waals surface area (Å²) in [6, 6.07) is 14.0. The number of nitrogens with two attached hydrogens (primary N) is 1. The monoisotopic (exact) mass is 271 g/mol. The van der Waals surface area contributed by atoms with Crippen LogP contribution < -0.4 is 15.2 Å². The van der Waals surface area contributed by atoms with Gasteiger partial charge in [0.05, 0.1) is 14.2 Å². The summed E-state index contributed by atoms with van der Waals surface area (Å²) in [5.41, 5.74) is 9.77. The van der Waals surface area contributed by atoms with E-state index in [1.54, 1.807) is 14.2 Å². The molecule has 1 unspecified atom stereocenters. The zero-order valence-corrected chi connectivity index (χ0v) is 12.2. The molecule has 1 atom stereocenters. The first-order chi connectivity index (χ1) is 9.63. The summed E-state index contributed by atoms with van der Waals surface area (Å²) in [5, 5.41) is 0. The van der Waals surface area contributed by atoms with E-state index in [0.717, 1.165) is 23.5 Å². The molecule has 2 aromatic carbocycles. The zero-order valence-electron chi connectivity index (χ0n) is 12.2. The van der Waals surface area contributed by atoms with E-state index in [1.807, 2.05) is 18.2 Å². The van der Waals surface area contributed by atoms with E-state index in [2.05, 4.69) is 31.2 Å². The molecule has 2 N–H and O–H groups in total. The number of hydrogen-bond acceptors (Lipinski definition) is 3. The number of methoxy groups -OCH3 is 2. The molecule has 0 heterocycles. The van der Waals surface area contributed by atoms with Gasteiger partial charge in [-0.2, -0.15) is 0 Å². The smallest absolute Gasteiger partial charge is 0.123 e. The SMILES string of the molecule is COc1ccc(OC)c(C(N)Cc2cccc(C)c2)c1. The summed E-state index contributed by atoms with van der Waals surface area (Å²) in [4.78, 5) is 0. The molecule has 0 saturated heterocycles. The van der Waals surface area contributed by atoms with Crippen molar-refractivity contribution in [1.29, 1.82) is 0 Å². The molecule has 2 aromatic rings. The summed E-state index contributed by atoms with van der Waals surface area (Å²) < 4.78 is 10.7. The molecule has 0 aliphatic rings. The van der Waals surface area contributed by atoms with Crippen LogP contribution in [-0.2, 0) is 6.42 Å². The van der Waals surface area contributed by atoms with E-state index in [1.165, 1.54) is 11.1 Å². The van der Waals surface area contributed by atoms with E-state index in [4.69, 9.17) is 15.2 Å². The number of hydrogen-bond donors (Lipinski definition) is 1. The normalized spacial score (nSPS) is 12.0. The van der Waals surface area contributed by atoms with Crippen LogP contribution >= 0.6 is 0 Å². The Labute approximate surface area is 120 Å².